The summed E-state index contributed by atoms with van der Waals surface area (Å²) in [4.78, 5) is 11.0. The van der Waals surface area contributed by atoms with Gasteiger partial charge >= 0.3 is 0 Å². The van der Waals surface area contributed by atoms with Crippen LogP contribution in [-0.2, 0) is 0 Å². The summed E-state index contributed by atoms with van der Waals surface area (Å²) in [5.74, 6) is 0. The van der Waals surface area contributed by atoms with Gasteiger partial charge in [-0.3, -0.25) is 10.1 Å². The predicted molar refractivity (Wildman–Crippen MR) is 73.6 cm³/mol. The summed E-state index contributed by atoms with van der Waals surface area (Å²) in [6.07, 6.45) is 1.90. The van der Waals surface area contributed by atoms with E-state index in [1.165, 1.54) is 47.0 Å². The van der Waals surface area contributed by atoms with Crippen molar-refractivity contribution in [1.82, 2.24) is 10.2 Å². The van der Waals surface area contributed by atoms with Crippen molar-refractivity contribution >= 4 is 40.5 Å². The molecule has 19 heavy (non-hydrogen) atoms. The zero-order chi connectivity index (χ0) is 13.8. The third-order valence-electron chi connectivity index (χ3n) is 2.05. The van der Waals surface area contributed by atoms with Crippen LogP contribution >= 0.6 is 34.9 Å². The molecule has 0 saturated carbocycles. The fourth-order valence-electron chi connectivity index (χ4n) is 1.24. The molecule has 0 fully saturated rings. The molecular weight excluding hydrogens is 304 g/mol. The average Bonchev–Trinajstić information content (AvgIpc) is 2.86. The zero-order valence-corrected chi connectivity index (χ0v) is 12.0. The molecule has 0 amide bonds. The fraction of sp³-hybridized carbons (Fsp3) is 0.100. The van der Waals surface area contributed by atoms with Crippen molar-refractivity contribution in [1.29, 1.82) is 5.26 Å². The topological polar surface area (TPSA) is 92.7 Å². The Morgan fingerprint density at radius 3 is 2.74 bits per heavy atom. The smallest absolute Gasteiger partial charge is 0.258 e. The van der Waals surface area contributed by atoms with Gasteiger partial charge in [-0.25, -0.2) is 0 Å². The van der Waals surface area contributed by atoms with Gasteiger partial charge in [0, 0.05) is 11.0 Å². The molecule has 96 valence electrons. The molecule has 2 rings (SSSR count). The number of benzene rings is 1. The van der Waals surface area contributed by atoms with Gasteiger partial charge in [0.25, 0.3) is 5.69 Å². The van der Waals surface area contributed by atoms with E-state index in [1.807, 2.05) is 6.26 Å². The molecule has 0 aliphatic rings. The van der Waals surface area contributed by atoms with E-state index in [9.17, 15) is 10.1 Å². The minimum absolute atomic E-state index is 0.0522. The van der Waals surface area contributed by atoms with Crippen LogP contribution in [0.4, 0.5) is 5.69 Å². The summed E-state index contributed by atoms with van der Waals surface area (Å²) >= 11 is 4.21. The van der Waals surface area contributed by atoms with E-state index in [2.05, 4.69) is 10.2 Å². The number of hydrogen-bond donors (Lipinski definition) is 0. The lowest BCUT2D eigenvalue weighted by Gasteiger charge is -1.98. The Bertz CT molecular complexity index is 665. The molecule has 0 saturated heterocycles. The van der Waals surface area contributed by atoms with Crippen molar-refractivity contribution < 1.29 is 4.92 Å². The molecule has 1 heterocycles. The van der Waals surface area contributed by atoms with E-state index in [4.69, 9.17) is 5.26 Å². The summed E-state index contributed by atoms with van der Waals surface area (Å²) < 4.78 is 1.55. The number of nitro benzene ring substituents is 1. The average molecular weight is 310 g/mol. The van der Waals surface area contributed by atoms with Crippen LogP contribution in [0.5, 0.6) is 0 Å². The Hall–Kier alpha value is -1.63. The highest BCUT2D eigenvalue weighted by molar-refractivity contribution is 8.03. The second-order valence-corrected chi connectivity index (χ2v) is 6.54. The SMILES string of the molecule is CSc1nnc(Sc2ccc(C#N)c([N+](=O)[O-])c2)s1. The Labute approximate surface area is 121 Å². The van der Waals surface area contributed by atoms with E-state index in [-0.39, 0.29) is 11.3 Å². The lowest BCUT2D eigenvalue weighted by molar-refractivity contribution is -0.385. The van der Waals surface area contributed by atoms with Crippen LogP contribution < -0.4 is 0 Å². The fourth-order valence-corrected chi connectivity index (χ4v) is 3.69. The Morgan fingerprint density at radius 2 is 2.16 bits per heavy atom. The summed E-state index contributed by atoms with van der Waals surface area (Å²) in [7, 11) is 0. The van der Waals surface area contributed by atoms with Crippen molar-refractivity contribution in [2.75, 3.05) is 6.26 Å². The maximum Gasteiger partial charge on any atom is 0.288 e. The van der Waals surface area contributed by atoms with E-state index in [1.54, 1.807) is 12.1 Å². The maximum atomic E-state index is 10.9. The molecule has 0 N–H and O–H groups in total. The molecule has 0 spiro atoms. The largest absolute Gasteiger partial charge is 0.288 e. The van der Waals surface area contributed by atoms with Gasteiger partial charge < -0.3 is 0 Å². The van der Waals surface area contributed by atoms with Gasteiger partial charge in [-0.05, 0) is 18.4 Å². The number of rotatable bonds is 4. The molecule has 0 bridgehead atoms. The van der Waals surface area contributed by atoms with Gasteiger partial charge in [0.05, 0.1) is 4.92 Å². The van der Waals surface area contributed by atoms with Crippen LogP contribution in [0, 0.1) is 21.4 Å². The Morgan fingerprint density at radius 1 is 1.42 bits per heavy atom. The number of thioether (sulfide) groups is 1. The van der Waals surface area contributed by atoms with Crippen molar-refractivity contribution in [3.05, 3.63) is 33.9 Å². The quantitative estimate of drug-likeness (QED) is 0.486. The van der Waals surface area contributed by atoms with Crippen molar-refractivity contribution in [2.24, 2.45) is 0 Å². The zero-order valence-electron chi connectivity index (χ0n) is 9.56. The second kappa shape index (κ2) is 6.01. The standard InChI is InChI=1S/C10H6N4O2S3/c1-17-9-12-13-10(19-9)18-7-3-2-6(5-11)8(4-7)14(15)16/h2-4H,1H3. The van der Waals surface area contributed by atoms with Crippen LogP contribution in [-0.4, -0.2) is 21.4 Å². The van der Waals surface area contributed by atoms with Gasteiger partial charge in [0.15, 0.2) is 8.68 Å². The summed E-state index contributed by atoms with van der Waals surface area (Å²) in [6.45, 7) is 0. The molecule has 6 nitrogen and oxygen atoms in total. The predicted octanol–water partition coefficient (Wildman–Crippen LogP) is 3.19. The molecule has 0 atom stereocenters. The third kappa shape index (κ3) is 3.23. The van der Waals surface area contributed by atoms with Crippen LogP contribution in [0.2, 0.25) is 0 Å². The van der Waals surface area contributed by atoms with E-state index < -0.39 is 4.92 Å². The van der Waals surface area contributed by atoms with Crippen molar-refractivity contribution in [3.63, 3.8) is 0 Å². The first-order chi connectivity index (χ1) is 9.13. The molecule has 1 aromatic heterocycles. The highest BCUT2D eigenvalue weighted by Gasteiger charge is 2.15. The first kappa shape index (κ1) is 13.8. The third-order valence-corrected chi connectivity index (χ3v) is 4.99. The number of aromatic nitrogens is 2. The van der Waals surface area contributed by atoms with Crippen LogP contribution in [0.3, 0.4) is 0 Å². The van der Waals surface area contributed by atoms with Gasteiger partial charge in [0.2, 0.25) is 0 Å². The maximum absolute atomic E-state index is 10.9. The van der Waals surface area contributed by atoms with Gasteiger partial charge in [-0.1, -0.05) is 34.9 Å². The molecule has 0 aliphatic heterocycles. The summed E-state index contributed by atoms with van der Waals surface area (Å²) in [6, 6.07) is 6.28. The van der Waals surface area contributed by atoms with Crippen LogP contribution in [0.15, 0.2) is 31.8 Å². The molecule has 0 aliphatic carbocycles. The van der Waals surface area contributed by atoms with Crippen LogP contribution in [0.25, 0.3) is 0 Å². The van der Waals surface area contributed by atoms with Crippen molar-refractivity contribution in [3.8, 4) is 6.07 Å². The first-order valence-corrected chi connectivity index (χ1v) is 7.73. The number of nitrogens with zero attached hydrogens (tertiary/aromatic N) is 4. The Balaban J connectivity index is 2.28. The molecule has 2 aromatic rings. The van der Waals surface area contributed by atoms with Gasteiger partial charge in [-0.15, -0.1) is 10.2 Å². The molecule has 0 unspecified atom stereocenters. The number of nitro groups is 1. The van der Waals surface area contributed by atoms with Gasteiger partial charge in [-0.2, -0.15) is 5.26 Å². The summed E-state index contributed by atoms with van der Waals surface area (Å²) in [5.41, 5.74) is -0.140. The second-order valence-electron chi connectivity index (χ2n) is 3.19. The molecule has 9 heteroatoms. The minimum atomic E-state index is -0.559. The minimum Gasteiger partial charge on any atom is -0.258 e. The van der Waals surface area contributed by atoms with Crippen LogP contribution in [0.1, 0.15) is 5.56 Å². The summed E-state index contributed by atoms with van der Waals surface area (Å²) in [5, 5.41) is 27.6. The van der Waals surface area contributed by atoms with E-state index in [0.717, 1.165) is 4.34 Å². The Kier molecular flexibility index (Phi) is 4.36. The van der Waals surface area contributed by atoms with E-state index in [0.29, 0.717) is 9.24 Å². The first-order valence-electron chi connectivity index (χ1n) is 4.88. The normalized spacial score (nSPS) is 10.1. The lowest BCUT2D eigenvalue weighted by Crippen LogP contribution is -1.92. The number of hydrogen-bond acceptors (Lipinski definition) is 8. The molecule has 0 radical (unpaired) electrons. The lowest BCUT2D eigenvalue weighted by atomic mass is 10.2. The van der Waals surface area contributed by atoms with E-state index >= 15 is 0 Å². The molecular formula is C10H6N4O2S3. The monoisotopic (exact) mass is 310 g/mol. The highest BCUT2D eigenvalue weighted by atomic mass is 32.2. The molecule has 1 aromatic carbocycles. The van der Waals surface area contributed by atoms with Crippen molar-refractivity contribution in [2.45, 2.75) is 13.6 Å². The number of nitriles is 1. The highest BCUT2D eigenvalue weighted by Crippen LogP contribution is 2.34. The van der Waals surface area contributed by atoms with Gasteiger partial charge in [0.1, 0.15) is 11.6 Å².